The van der Waals surface area contributed by atoms with Gasteiger partial charge in [0, 0.05) is 36.4 Å². The summed E-state index contributed by atoms with van der Waals surface area (Å²) in [4.78, 5) is 19.5. The van der Waals surface area contributed by atoms with E-state index < -0.39 is 0 Å². The van der Waals surface area contributed by atoms with Crippen LogP contribution in [0.1, 0.15) is 73.2 Å². The third kappa shape index (κ3) is 3.39. The lowest BCUT2D eigenvalue weighted by molar-refractivity contribution is -0.136. The van der Waals surface area contributed by atoms with Gasteiger partial charge in [-0.15, -0.1) is 0 Å². The average Bonchev–Trinajstić information content (AvgIpc) is 3.31. The molecule has 2 aromatic heterocycles. The summed E-state index contributed by atoms with van der Waals surface area (Å²) < 4.78 is 10.6. The zero-order chi connectivity index (χ0) is 18.3. The van der Waals surface area contributed by atoms with E-state index in [1.807, 2.05) is 25.7 Å². The lowest BCUT2D eigenvalue weighted by atomic mass is 9.94. The van der Waals surface area contributed by atoms with Gasteiger partial charge in [-0.3, -0.25) is 4.79 Å². The molecule has 0 spiro atoms. The molecule has 3 heterocycles. The van der Waals surface area contributed by atoms with Crippen molar-refractivity contribution >= 4 is 5.91 Å². The number of carbonyl (C=O) groups is 1. The Kier molecular flexibility index (Phi) is 4.54. The molecule has 1 aliphatic carbocycles. The Hall–Kier alpha value is -2.18. The van der Waals surface area contributed by atoms with Gasteiger partial charge in [0.25, 0.3) is 0 Å². The van der Waals surface area contributed by atoms with Crippen LogP contribution in [-0.2, 0) is 11.2 Å². The minimum absolute atomic E-state index is 0.0992. The molecule has 0 radical (unpaired) electrons. The maximum Gasteiger partial charge on any atom is 0.229 e. The summed E-state index contributed by atoms with van der Waals surface area (Å²) in [5.41, 5.74) is 1.92. The Labute approximate surface area is 153 Å². The predicted octanol–water partition coefficient (Wildman–Crippen LogP) is 3.14. The molecule has 2 aliphatic rings. The molecule has 7 heteroatoms. The molecule has 1 aliphatic heterocycles. The molecule has 2 atom stereocenters. The molecule has 0 N–H and O–H groups in total. The van der Waals surface area contributed by atoms with Gasteiger partial charge in [0.1, 0.15) is 5.76 Å². The molecule has 0 unspecified atom stereocenters. The molecule has 1 saturated heterocycles. The largest absolute Gasteiger partial charge is 0.361 e. The van der Waals surface area contributed by atoms with Crippen LogP contribution in [0.25, 0.3) is 0 Å². The lowest BCUT2D eigenvalue weighted by Gasteiger charge is -2.33. The fourth-order valence-corrected chi connectivity index (χ4v) is 3.80. The highest BCUT2D eigenvalue weighted by Crippen LogP contribution is 2.39. The summed E-state index contributed by atoms with van der Waals surface area (Å²) in [5.74, 6) is 3.07. The quantitative estimate of drug-likeness (QED) is 0.816. The second-order valence-electron chi connectivity index (χ2n) is 7.80. The summed E-state index contributed by atoms with van der Waals surface area (Å²) in [6.07, 6.45) is 4.94. The van der Waals surface area contributed by atoms with E-state index in [1.165, 1.54) is 0 Å². The van der Waals surface area contributed by atoms with Crippen molar-refractivity contribution < 1.29 is 13.8 Å². The highest BCUT2D eigenvalue weighted by Gasteiger charge is 2.33. The van der Waals surface area contributed by atoms with Crippen LogP contribution in [0.4, 0.5) is 0 Å². The summed E-state index contributed by atoms with van der Waals surface area (Å²) in [7, 11) is 0. The van der Waals surface area contributed by atoms with E-state index in [4.69, 9.17) is 9.05 Å². The van der Waals surface area contributed by atoms with Crippen LogP contribution >= 0.6 is 0 Å². The lowest BCUT2D eigenvalue weighted by Crippen LogP contribution is -2.42. The van der Waals surface area contributed by atoms with E-state index in [-0.39, 0.29) is 17.7 Å². The molecule has 2 aromatic rings. The molecule has 140 valence electrons. The van der Waals surface area contributed by atoms with Crippen LogP contribution in [-0.4, -0.2) is 39.2 Å². The molecule has 1 amide bonds. The van der Waals surface area contributed by atoms with Crippen molar-refractivity contribution in [2.45, 2.75) is 64.7 Å². The molecular weight excluding hydrogens is 332 g/mol. The van der Waals surface area contributed by atoms with Gasteiger partial charge in [0.2, 0.25) is 11.8 Å². The highest BCUT2D eigenvalue weighted by molar-refractivity contribution is 5.79. The third-order valence-corrected chi connectivity index (χ3v) is 5.60. The Bertz CT molecular complexity index is 773. The van der Waals surface area contributed by atoms with Gasteiger partial charge in [-0.25, -0.2) is 0 Å². The fourth-order valence-electron chi connectivity index (χ4n) is 3.80. The van der Waals surface area contributed by atoms with Crippen molar-refractivity contribution in [1.29, 1.82) is 0 Å². The number of hydrogen-bond acceptors (Lipinski definition) is 6. The molecule has 1 saturated carbocycles. The van der Waals surface area contributed by atoms with Crippen molar-refractivity contribution in [1.82, 2.24) is 20.2 Å². The van der Waals surface area contributed by atoms with Crippen molar-refractivity contribution in [2.75, 3.05) is 13.1 Å². The first-order valence-corrected chi connectivity index (χ1v) is 9.57. The second kappa shape index (κ2) is 6.85. The first-order valence-electron chi connectivity index (χ1n) is 9.57. The van der Waals surface area contributed by atoms with Gasteiger partial charge >= 0.3 is 0 Å². The highest BCUT2D eigenvalue weighted by atomic mass is 16.5. The van der Waals surface area contributed by atoms with Crippen LogP contribution in [0, 0.1) is 19.8 Å². The van der Waals surface area contributed by atoms with E-state index in [9.17, 15) is 4.79 Å². The summed E-state index contributed by atoms with van der Waals surface area (Å²) in [5, 5.41) is 8.17. The van der Waals surface area contributed by atoms with Crippen LogP contribution < -0.4 is 0 Å². The van der Waals surface area contributed by atoms with E-state index in [0.29, 0.717) is 18.9 Å². The van der Waals surface area contributed by atoms with Gasteiger partial charge in [-0.05, 0) is 46.0 Å². The number of carbonyl (C=O) groups excluding carboxylic acids is 1. The maximum atomic E-state index is 13.0. The zero-order valence-electron chi connectivity index (χ0n) is 15.7. The summed E-state index contributed by atoms with van der Waals surface area (Å²) in [6, 6.07) is 0. The van der Waals surface area contributed by atoms with Crippen LogP contribution in [0.15, 0.2) is 9.05 Å². The number of likely N-dealkylation sites (tertiary alicyclic amines) is 1. The molecular formula is C19H26N4O3. The van der Waals surface area contributed by atoms with Gasteiger partial charge in [-0.2, -0.15) is 4.98 Å². The monoisotopic (exact) mass is 358 g/mol. The van der Waals surface area contributed by atoms with E-state index in [2.05, 4.69) is 15.3 Å². The van der Waals surface area contributed by atoms with Crippen LogP contribution in [0.2, 0.25) is 0 Å². The first-order chi connectivity index (χ1) is 12.5. The van der Waals surface area contributed by atoms with E-state index in [0.717, 1.165) is 61.0 Å². The predicted molar refractivity (Wildman–Crippen MR) is 93.7 cm³/mol. The zero-order valence-corrected chi connectivity index (χ0v) is 15.7. The number of piperidine rings is 1. The minimum atomic E-state index is -0.0992. The van der Waals surface area contributed by atoms with Gasteiger partial charge in [0.15, 0.2) is 5.82 Å². The van der Waals surface area contributed by atoms with Gasteiger partial charge in [0.05, 0.1) is 5.69 Å². The van der Waals surface area contributed by atoms with E-state index in [1.54, 1.807) is 0 Å². The SMILES string of the molecule is Cc1noc(C)c1C[C@@H](C)C(=O)N1CCC[C@H](c2noc(C3CC3)n2)C1. The smallest absolute Gasteiger partial charge is 0.229 e. The topological polar surface area (TPSA) is 85.3 Å². The maximum absolute atomic E-state index is 13.0. The molecule has 7 nitrogen and oxygen atoms in total. The van der Waals surface area contributed by atoms with Crippen molar-refractivity contribution in [3.05, 3.63) is 28.7 Å². The third-order valence-electron chi connectivity index (χ3n) is 5.60. The Morgan fingerprint density at radius 2 is 2.00 bits per heavy atom. The summed E-state index contributed by atoms with van der Waals surface area (Å²) in [6.45, 7) is 7.28. The molecule has 4 rings (SSSR count). The van der Waals surface area contributed by atoms with E-state index >= 15 is 0 Å². The van der Waals surface area contributed by atoms with Gasteiger partial charge in [-0.1, -0.05) is 17.2 Å². The molecule has 26 heavy (non-hydrogen) atoms. The summed E-state index contributed by atoms with van der Waals surface area (Å²) >= 11 is 0. The number of rotatable bonds is 5. The fraction of sp³-hybridized carbons (Fsp3) is 0.684. The molecule has 2 fully saturated rings. The first kappa shape index (κ1) is 17.2. The van der Waals surface area contributed by atoms with Crippen LogP contribution in [0.5, 0.6) is 0 Å². The number of aromatic nitrogens is 3. The van der Waals surface area contributed by atoms with Crippen molar-refractivity contribution in [3.63, 3.8) is 0 Å². The Morgan fingerprint density at radius 1 is 1.19 bits per heavy atom. The molecule has 0 aromatic carbocycles. The Balaban J connectivity index is 1.40. The number of aryl methyl sites for hydroxylation is 2. The minimum Gasteiger partial charge on any atom is -0.361 e. The van der Waals surface area contributed by atoms with Crippen molar-refractivity contribution in [2.24, 2.45) is 5.92 Å². The standard InChI is InChI=1S/C19H26N4O3/c1-11(9-16-12(2)21-25-13(16)3)19(24)23-8-4-5-15(10-23)17-20-18(26-22-17)14-6-7-14/h11,14-15H,4-10H2,1-3H3/t11-,15+/m1/s1. The number of nitrogens with zero attached hydrogens (tertiary/aromatic N) is 4. The van der Waals surface area contributed by atoms with Crippen molar-refractivity contribution in [3.8, 4) is 0 Å². The second-order valence-corrected chi connectivity index (χ2v) is 7.80. The van der Waals surface area contributed by atoms with Gasteiger partial charge < -0.3 is 13.9 Å². The number of hydrogen-bond donors (Lipinski definition) is 0. The normalized spacial score (nSPS) is 21.8. The Morgan fingerprint density at radius 3 is 2.69 bits per heavy atom. The average molecular weight is 358 g/mol. The van der Waals surface area contributed by atoms with Crippen LogP contribution in [0.3, 0.4) is 0 Å². The molecule has 0 bridgehead atoms. The number of amides is 1.